The van der Waals surface area contributed by atoms with Crippen molar-refractivity contribution in [1.82, 2.24) is 0 Å². The molecule has 0 amide bonds. The Bertz CT molecular complexity index is 20.0. The maximum atomic E-state index is 4.94. The molecule has 0 bridgehead atoms. The van der Waals surface area contributed by atoms with Gasteiger partial charge in [-0.2, -0.15) is 0 Å². The minimum Gasteiger partial charge on any atom is -0.349 e. The van der Waals surface area contributed by atoms with E-state index in [4.69, 9.17) is 5.40 Å². The lowest BCUT2D eigenvalue weighted by molar-refractivity contribution is 1.93. The molecule has 0 saturated carbocycles. The van der Waals surface area contributed by atoms with Crippen LogP contribution in [0.2, 0.25) is 0 Å². The molecule has 0 rings (SSSR count). The highest BCUT2D eigenvalue weighted by Gasteiger charge is 1.50. The summed E-state index contributed by atoms with van der Waals surface area (Å²) >= 11 is 0. The first-order valence-electron chi connectivity index (χ1n) is 0.986. The molecule has 0 heterocycles. The van der Waals surface area contributed by atoms with Crippen LogP contribution in [0.25, 0.3) is 0 Å². The molecule has 0 aromatic rings. The monoisotopic (exact) mass is 71.0 g/mol. The van der Waals surface area contributed by atoms with Crippen molar-refractivity contribution in [2.45, 2.75) is 0 Å². The van der Waals surface area contributed by atoms with Gasteiger partial charge in [-0.3, -0.25) is 0 Å². The van der Waals surface area contributed by atoms with Gasteiger partial charge in [-0.1, -0.05) is 5.70 Å². The quantitative estimate of drug-likeness (QED) is 0.422. The molecule has 22 valence electrons. The molecule has 0 aliphatic heterocycles. The summed E-state index contributed by atoms with van der Waals surface area (Å²) in [7, 11) is 0.404. The summed E-state index contributed by atoms with van der Waals surface area (Å²) in [4.78, 5) is 0. The molecule has 0 aromatic heterocycles. The summed E-state index contributed by atoms with van der Waals surface area (Å²) in [5.41, 5.74) is 1.68. The van der Waals surface area contributed by atoms with Crippen molar-refractivity contribution in [3.63, 3.8) is 0 Å². The molecular weight excluding hydrogens is 66.1 g/mol. The predicted molar refractivity (Wildman–Crippen MR) is 20.1 cm³/mol. The van der Waals surface area contributed by atoms with E-state index in [0.717, 1.165) is 0 Å². The first kappa shape index (κ1) is 3.92. The van der Waals surface area contributed by atoms with E-state index in [1.807, 2.05) is 0 Å². The Hall–Kier alpha value is -0.0831. The van der Waals surface area contributed by atoms with Crippen molar-refractivity contribution in [3.8, 4) is 0 Å². The maximum absolute atomic E-state index is 4.94. The maximum Gasteiger partial charge on any atom is 0.167 e. The van der Waals surface area contributed by atoms with E-state index in [-0.39, 0.29) is 0 Å². The van der Waals surface area contributed by atoms with Crippen molar-refractivity contribution < 1.29 is 0 Å². The topological polar surface area (TPSA) is 26.0 Å². The molecule has 0 atom stereocenters. The molecule has 0 aromatic carbocycles. The van der Waals surface area contributed by atoms with Gasteiger partial charge < -0.3 is 5.40 Å². The van der Waals surface area contributed by atoms with Crippen LogP contribution in [0.5, 0.6) is 0 Å². The molecule has 0 spiro atoms. The molecule has 2 radical (unpaired) electrons. The number of rotatable bonds is 1. The molecule has 2 heteroatoms. The smallest absolute Gasteiger partial charge is 0.167 e. The van der Waals surface area contributed by atoms with Crippen molar-refractivity contribution in [1.29, 1.82) is 0 Å². The summed E-state index contributed by atoms with van der Waals surface area (Å²) < 4.78 is 0. The number of hydrogen-bond donors (Lipinski definition) is 1. The zero-order valence-corrected chi connectivity index (χ0v) is 3.36. The lowest BCUT2D eigenvalue weighted by Crippen LogP contribution is -1.97. The highest BCUT2D eigenvalue weighted by molar-refractivity contribution is 6.37. The van der Waals surface area contributed by atoms with Gasteiger partial charge in [0.2, 0.25) is 0 Å². The first-order chi connectivity index (χ1) is 1.91. The van der Waals surface area contributed by atoms with Crippen LogP contribution < -0.4 is 5.40 Å². The SMILES string of the molecule is C=C[Si]N. The van der Waals surface area contributed by atoms with Crippen LogP contribution >= 0.6 is 0 Å². The van der Waals surface area contributed by atoms with Gasteiger partial charge in [0.15, 0.2) is 9.68 Å². The van der Waals surface area contributed by atoms with Crippen LogP contribution in [0.15, 0.2) is 12.3 Å². The van der Waals surface area contributed by atoms with Crippen LogP contribution in [0.1, 0.15) is 0 Å². The Kier molecular flexibility index (Phi) is 2.86. The molecular formula is C2H5NSi. The second-order valence-corrected chi connectivity index (χ2v) is 1.11. The van der Waals surface area contributed by atoms with Gasteiger partial charge in [-0.05, 0) is 0 Å². The molecule has 0 unspecified atom stereocenters. The summed E-state index contributed by atoms with van der Waals surface area (Å²) in [6.07, 6.45) is 0. The molecule has 0 aliphatic rings. The second kappa shape index (κ2) is 2.92. The summed E-state index contributed by atoms with van der Waals surface area (Å²) in [5, 5.41) is 4.94. The van der Waals surface area contributed by atoms with E-state index in [1.165, 1.54) is 0 Å². The molecule has 1 nitrogen and oxygen atoms in total. The Morgan fingerprint density at radius 3 is 2.25 bits per heavy atom. The number of hydrogen-bond acceptors (Lipinski definition) is 1. The third kappa shape index (κ3) is 1.92. The summed E-state index contributed by atoms with van der Waals surface area (Å²) in [6, 6.07) is 0. The van der Waals surface area contributed by atoms with E-state index < -0.39 is 0 Å². The van der Waals surface area contributed by atoms with Gasteiger partial charge in [0.1, 0.15) is 0 Å². The average Bonchev–Trinajstić information content (AvgIpc) is 1.37. The first-order valence-corrected chi connectivity index (χ1v) is 2.14. The Morgan fingerprint density at radius 1 is 2.00 bits per heavy atom. The van der Waals surface area contributed by atoms with Gasteiger partial charge in [-0.25, -0.2) is 0 Å². The van der Waals surface area contributed by atoms with Crippen molar-refractivity contribution in [2.75, 3.05) is 0 Å². The van der Waals surface area contributed by atoms with Gasteiger partial charge in [0.05, 0.1) is 0 Å². The van der Waals surface area contributed by atoms with Gasteiger partial charge in [0.25, 0.3) is 0 Å². The summed E-state index contributed by atoms with van der Waals surface area (Å²) in [6.45, 7) is 3.37. The van der Waals surface area contributed by atoms with Gasteiger partial charge in [-0.15, -0.1) is 6.58 Å². The fourth-order valence-corrected chi connectivity index (χ4v) is 0. The third-order valence-electron chi connectivity index (χ3n) is 0.118. The van der Waals surface area contributed by atoms with Crippen LogP contribution in [0.4, 0.5) is 0 Å². The summed E-state index contributed by atoms with van der Waals surface area (Å²) in [5.74, 6) is 0. The van der Waals surface area contributed by atoms with E-state index >= 15 is 0 Å². The molecule has 0 fully saturated rings. The van der Waals surface area contributed by atoms with E-state index in [9.17, 15) is 0 Å². The highest BCUT2D eigenvalue weighted by atomic mass is 28.2. The zero-order valence-electron chi connectivity index (χ0n) is 2.36. The van der Waals surface area contributed by atoms with E-state index in [2.05, 4.69) is 6.58 Å². The Labute approximate surface area is 28.4 Å². The Morgan fingerprint density at radius 2 is 2.25 bits per heavy atom. The third-order valence-corrected chi connectivity index (χ3v) is 0.354. The van der Waals surface area contributed by atoms with E-state index in [1.54, 1.807) is 5.70 Å². The lowest BCUT2D eigenvalue weighted by Gasteiger charge is -1.55. The zero-order chi connectivity index (χ0) is 3.41. The van der Waals surface area contributed by atoms with Gasteiger partial charge >= 0.3 is 0 Å². The lowest BCUT2D eigenvalue weighted by atomic mass is 11.3. The second-order valence-electron chi connectivity index (χ2n) is 0.371. The Balaban J connectivity index is 2.30. The van der Waals surface area contributed by atoms with Crippen LogP contribution in [-0.2, 0) is 0 Å². The fourth-order valence-electron chi connectivity index (χ4n) is 0. The number of nitrogens with two attached hydrogens (primary N) is 1. The average molecular weight is 71.2 g/mol. The van der Waals surface area contributed by atoms with Crippen molar-refractivity contribution >= 4 is 9.68 Å². The molecule has 0 saturated heterocycles. The standard InChI is InChI=1S/C2H5NSi/c1-2-4-3/h2H,1,3H2. The van der Waals surface area contributed by atoms with Crippen LogP contribution in [0, 0.1) is 0 Å². The van der Waals surface area contributed by atoms with E-state index in [0.29, 0.717) is 9.68 Å². The minimum absolute atomic E-state index is 0.404. The molecule has 0 aliphatic carbocycles. The van der Waals surface area contributed by atoms with Crippen molar-refractivity contribution in [3.05, 3.63) is 12.3 Å². The largest absolute Gasteiger partial charge is 0.349 e. The van der Waals surface area contributed by atoms with Crippen molar-refractivity contribution in [2.24, 2.45) is 5.40 Å². The molecule has 2 N–H and O–H groups in total. The van der Waals surface area contributed by atoms with Gasteiger partial charge in [0, 0.05) is 0 Å². The molecule has 4 heavy (non-hydrogen) atoms. The predicted octanol–water partition coefficient (Wildman–Crippen LogP) is -0.292. The minimum atomic E-state index is 0.404. The van der Waals surface area contributed by atoms with Crippen LogP contribution in [-0.4, -0.2) is 9.68 Å². The highest BCUT2D eigenvalue weighted by Crippen LogP contribution is 1.34. The fraction of sp³-hybridized carbons (Fsp3) is 0. The normalized spacial score (nSPS) is 6.25. The van der Waals surface area contributed by atoms with Crippen LogP contribution in [0.3, 0.4) is 0 Å².